The monoisotopic (exact) mass is 286 g/mol. The lowest BCUT2D eigenvalue weighted by Gasteiger charge is -2.24. The minimum atomic E-state index is -0.766. The van der Waals surface area contributed by atoms with Crippen LogP contribution in [0.1, 0.15) is 31.2 Å². The van der Waals surface area contributed by atoms with Gasteiger partial charge >= 0.3 is 0 Å². The van der Waals surface area contributed by atoms with Crippen molar-refractivity contribution in [1.29, 1.82) is 0 Å². The molecule has 19 heavy (non-hydrogen) atoms. The summed E-state index contributed by atoms with van der Waals surface area (Å²) in [7, 11) is 1.52. The number of rotatable bonds is 5. The summed E-state index contributed by atoms with van der Waals surface area (Å²) < 4.78 is 10.9. The van der Waals surface area contributed by atoms with Crippen LogP contribution in [0.3, 0.4) is 0 Å². The highest BCUT2D eigenvalue weighted by Crippen LogP contribution is 2.37. The molecule has 5 heteroatoms. The minimum absolute atomic E-state index is 0.190. The highest BCUT2D eigenvalue weighted by molar-refractivity contribution is 6.30. The predicted molar refractivity (Wildman–Crippen MR) is 72.8 cm³/mol. The Kier molecular flexibility index (Phi) is 4.55. The van der Waals surface area contributed by atoms with Gasteiger partial charge in [-0.2, -0.15) is 0 Å². The Labute approximate surface area is 117 Å². The largest absolute Gasteiger partial charge is 0.493 e. The van der Waals surface area contributed by atoms with E-state index in [4.69, 9.17) is 21.1 Å². The zero-order valence-corrected chi connectivity index (χ0v) is 11.7. The van der Waals surface area contributed by atoms with Crippen molar-refractivity contribution in [3.05, 3.63) is 22.7 Å². The number of aliphatic hydroxyl groups is 2. The van der Waals surface area contributed by atoms with Crippen LogP contribution in [0.5, 0.6) is 11.5 Å². The van der Waals surface area contributed by atoms with Gasteiger partial charge < -0.3 is 19.7 Å². The number of hydrogen-bond acceptors (Lipinski definition) is 4. The molecule has 0 saturated heterocycles. The van der Waals surface area contributed by atoms with E-state index in [1.54, 1.807) is 12.1 Å². The van der Waals surface area contributed by atoms with E-state index in [0.29, 0.717) is 22.1 Å². The van der Waals surface area contributed by atoms with Gasteiger partial charge in [-0.05, 0) is 18.9 Å². The highest BCUT2D eigenvalue weighted by Gasteiger charge is 2.32. The van der Waals surface area contributed by atoms with Crippen molar-refractivity contribution >= 4 is 11.6 Å². The lowest BCUT2D eigenvalue weighted by molar-refractivity contribution is 0.000119. The zero-order valence-electron chi connectivity index (χ0n) is 11.0. The molecule has 0 spiro atoms. The Hall–Kier alpha value is -0.970. The van der Waals surface area contributed by atoms with Gasteiger partial charge in [0.05, 0.1) is 19.3 Å². The summed E-state index contributed by atoms with van der Waals surface area (Å²) in [5, 5.41) is 20.1. The molecule has 1 aromatic rings. The van der Waals surface area contributed by atoms with Gasteiger partial charge in [0.1, 0.15) is 6.61 Å². The van der Waals surface area contributed by atoms with Gasteiger partial charge in [0.15, 0.2) is 11.5 Å². The van der Waals surface area contributed by atoms with Crippen molar-refractivity contribution in [1.82, 2.24) is 0 Å². The van der Waals surface area contributed by atoms with Gasteiger partial charge in [0.2, 0.25) is 0 Å². The second-order valence-electron chi connectivity index (χ2n) is 4.97. The molecule has 1 aromatic carbocycles. The van der Waals surface area contributed by atoms with Crippen LogP contribution in [0.25, 0.3) is 0 Å². The van der Waals surface area contributed by atoms with Crippen molar-refractivity contribution in [3.8, 4) is 11.5 Å². The van der Waals surface area contributed by atoms with E-state index < -0.39 is 5.60 Å². The summed E-state index contributed by atoms with van der Waals surface area (Å²) in [4.78, 5) is 0. The number of methoxy groups -OCH3 is 1. The number of halogens is 1. The van der Waals surface area contributed by atoms with Gasteiger partial charge in [0, 0.05) is 16.7 Å². The first kappa shape index (κ1) is 14.4. The molecule has 0 aromatic heterocycles. The topological polar surface area (TPSA) is 58.9 Å². The maximum absolute atomic E-state index is 10.3. The van der Waals surface area contributed by atoms with Gasteiger partial charge in [-0.25, -0.2) is 0 Å². The van der Waals surface area contributed by atoms with Gasteiger partial charge in [-0.1, -0.05) is 24.4 Å². The third-order valence-corrected chi connectivity index (χ3v) is 3.72. The number of ether oxygens (including phenoxy) is 2. The van der Waals surface area contributed by atoms with Crippen LogP contribution in [0, 0.1) is 0 Å². The Morgan fingerprint density at radius 2 is 2.00 bits per heavy atom. The van der Waals surface area contributed by atoms with Crippen LogP contribution < -0.4 is 9.47 Å². The maximum Gasteiger partial charge on any atom is 0.166 e. The first-order chi connectivity index (χ1) is 9.08. The standard InChI is InChI=1S/C14H19ClO4/c1-18-12-7-11(15)6-10(8-16)13(12)19-9-14(17)4-2-3-5-14/h6-7,16-17H,2-5,8-9H2,1H3. The summed E-state index contributed by atoms with van der Waals surface area (Å²) in [5.74, 6) is 0.924. The first-order valence-corrected chi connectivity index (χ1v) is 6.78. The molecule has 2 rings (SSSR count). The Bertz CT molecular complexity index is 416. The molecule has 1 aliphatic rings. The van der Waals surface area contributed by atoms with Gasteiger partial charge in [-0.15, -0.1) is 0 Å². The zero-order chi connectivity index (χ0) is 13.9. The molecule has 0 heterocycles. The SMILES string of the molecule is COc1cc(Cl)cc(CO)c1OCC1(O)CCCC1. The van der Waals surface area contributed by atoms with Crippen LogP contribution in [-0.2, 0) is 6.61 Å². The molecule has 1 saturated carbocycles. The van der Waals surface area contributed by atoms with E-state index in [1.807, 2.05) is 0 Å². The predicted octanol–water partition coefficient (Wildman–Crippen LogP) is 2.52. The summed E-state index contributed by atoms with van der Waals surface area (Å²) in [6.45, 7) is 0.0165. The summed E-state index contributed by atoms with van der Waals surface area (Å²) in [6, 6.07) is 3.27. The van der Waals surface area contributed by atoms with Gasteiger partial charge in [0.25, 0.3) is 0 Å². The first-order valence-electron chi connectivity index (χ1n) is 6.40. The van der Waals surface area contributed by atoms with Crippen LogP contribution >= 0.6 is 11.6 Å². The summed E-state index contributed by atoms with van der Waals surface area (Å²) in [5.41, 5.74) is -0.205. The van der Waals surface area contributed by atoms with E-state index in [9.17, 15) is 10.2 Å². The number of hydrogen-bond donors (Lipinski definition) is 2. The van der Waals surface area contributed by atoms with Crippen LogP contribution in [0.4, 0.5) is 0 Å². The lowest BCUT2D eigenvalue weighted by atomic mass is 10.0. The average Bonchev–Trinajstić information content (AvgIpc) is 2.83. The van der Waals surface area contributed by atoms with Crippen molar-refractivity contribution < 1.29 is 19.7 Å². The molecular weight excluding hydrogens is 268 g/mol. The fourth-order valence-electron chi connectivity index (χ4n) is 2.44. The van der Waals surface area contributed by atoms with Gasteiger partial charge in [-0.3, -0.25) is 0 Å². The van der Waals surface area contributed by atoms with Crippen molar-refractivity contribution in [2.24, 2.45) is 0 Å². The second-order valence-corrected chi connectivity index (χ2v) is 5.41. The van der Waals surface area contributed by atoms with Crippen molar-refractivity contribution in [2.75, 3.05) is 13.7 Å². The molecule has 0 radical (unpaired) electrons. The van der Waals surface area contributed by atoms with E-state index in [-0.39, 0.29) is 13.2 Å². The quantitative estimate of drug-likeness (QED) is 0.873. The summed E-state index contributed by atoms with van der Waals surface area (Å²) >= 11 is 5.94. The van der Waals surface area contributed by atoms with E-state index in [1.165, 1.54) is 7.11 Å². The molecule has 2 N–H and O–H groups in total. The maximum atomic E-state index is 10.3. The van der Waals surface area contributed by atoms with Crippen LogP contribution in [0.15, 0.2) is 12.1 Å². The number of benzene rings is 1. The molecule has 0 unspecified atom stereocenters. The van der Waals surface area contributed by atoms with Crippen molar-refractivity contribution in [2.45, 2.75) is 37.9 Å². The highest BCUT2D eigenvalue weighted by atomic mass is 35.5. The molecule has 1 fully saturated rings. The molecule has 0 atom stereocenters. The van der Waals surface area contributed by atoms with Crippen LogP contribution in [0.2, 0.25) is 5.02 Å². The second kappa shape index (κ2) is 5.99. The third-order valence-electron chi connectivity index (χ3n) is 3.51. The Balaban J connectivity index is 2.18. The minimum Gasteiger partial charge on any atom is -0.493 e. The van der Waals surface area contributed by atoms with E-state index in [0.717, 1.165) is 25.7 Å². The Morgan fingerprint density at radius 3 is 2.58 bits per heavy atom. The van der Waals surface area contributed by atoms with E-state index >= 15 is 0 Å². The normalized spacial score (nSPS) is 17.5. The fourth-order valence-corrected chi connectivity index (χ4v) is 2.67. The molecule has 0 bridgehead atoms. The molecular formula is C14H19ClO4. The fraction of sp³-hybridized carbons (Fsp3) is 0.571. The third kappa shape index (κ3) is 3.32. The molecule has 4 nitrogen and oxygen atoms in total. The Morgan fingerprint density at radius 1 is 1.32 bits per heavy atom. The van der Waals surface area contributed by atoms with Crippen LogP contribution in [-0.4, -0.2) is 29.5 Å². The average molecular weight is 287 g/mol. The van der Waals surface area contributed by atoms with E-state index in [2.05, 4.69) is 0 Å². The summed E-state index contributed by atoms with van der Waals surface area (Å²) in [6.07, 6.45) is 3.53. The van der Waals surface area contributed by atoms with Crippen molar-refractivity contribution in [3.63, 3.8) is 0 Å². The molecule has 0 aliphatic heterocycles. The molecule has 106 valence electrons. The smallest absolute Gasteiger partial charge is 0.166 e. The molecule has 1 aliphatic carbocycles. The lowest BCUT2D eigenvalue weighted by Crippen LogP contribution is -2.32. The number of aliphatic hydroxyl groups excluding tert-OH is 1. The molecule has 0 amide bonds.